The van der Waals surface area contributed by atoms with Crippen LogP contribution in [0.1, 0.15) is 43.4 Å². The lowest BCUT2D eigenvalue weighted by Gasteiger charge is -2.28. The smallest absolute Gasteiger partial charge is 0.339 e. The van der Waals surface area contributed by atoms with Gasteiger partial charge >= 0.3 is 5.63 Å². The number of hydrogen-bond acceptors (Lipinski definition) is 3. The molecule has 2 aromatic rings. The molecule has 3 rings (SSSR count). The van der Waals surface area contributed by atoms with Gasteiger partial charge in [0.15, 0.2) is 0 Å². The summed E-state index contributed by atoms with van der Waals surface area (Å²) < 4.78 is 4.83. The molecule has 0 fully saturated rings. The van der Waals surface area contributed by atoms with Crippen molar-refractivity contribution in [1.29, 1.82) is 0 Å². The molecule has 1 aliphatic rings. The van der Waals surface area contributed by atoms with Gasteiger partial charge in [-0.1, -0.05) is 25.1 Å². The van der Waals surface area contributed by atoms with E-state index in [2.05, 4.69) is 35.6 Å². The van der Waals surface area contributed by atoms with Crippen molar-refractivity contribution in [1.82, 2.24) is 10.5 Å². The standard InChI is InChI=1S/C16H20N2O2.ClH/c1-2-9-17-13-8-4-6-11-5-3-7-12(16(11)13)14-10-15(19)20-18-14;/h3,5,7,10,13,17-18H,2,4,6,8-9H2,1H3;1H. The van der Waals surface area contributed by atoms with E-state index in [1.807, 2.05) is 0 Å². The Kier molecular flexibility index (Phi) is 5.26. The summed E-state index contributed by atoms with van der Waals surface area (Å²) in [7, 11) is 0. The molecule has 0 bridgehead atoms. The highest BCUT2D eigenvalue weighted by Crippen LogP contribution is 2.36. The number of H-pyrrole nitrogens is 1. The van der Waals surface area contributed by atoms with Crippen molar-refractivity contribution < 1.29 is 4.52 Å². The van der Waals surface area contributed by atoms with Crippen LogP contribution >= 0.6 is 12.4 Å². The van der Waals surface area contributed by atoms with Gasteiger partial charge in [-0.2, -0.15) is 0 Å². The number of fused-ring (bicyclic) bond motifs is 1. The molecule has 2 N–H and O–H groups in total. The summed E-state index contributed by atoms with van der Waals surface area (Å²) >= 11 is 0. The van der Waals surface area contributed by atoms with Gasteiger partial charge in [0.1, 0.15) is 0 Å². The summed E-state index contributed by atoms with van der Waals surface area (Å²) in [4.78, 5) is 11.3. The van der Waals surface area contributed by atoms with E-state index in [9.17, 15) is 4.79 Å². The van der Waals surface area contributed by atoms with Gasteiger partial charge in [0.05, 0.1) is 11.8 Å². The third kappa shape index (κ3) is 3.22. The summed E-state index contributed by atoms with van der Waals surface area (Å²) in [6.07, 6.45) is 4.58. The van der Waals surface area contributed by atoms with Gasteiger partial charge in [0.2, 0.25) is 0 Å². The van der Waals surface area contributed by atoms with Crippen LogP contribution in [0.4, 0.5) is 0 Å². The molecule has 1 aliphatic carbocycles. The van der Waals surface area contributed by atoms with Crippen LogP contribution < -0.4 is 10.9 Å². The molecule has 1 aromatic heterocycles. The van der Waals surface area contributed by atoms with Gasteiger partial charge in [-0.3, -0.25) is 0 Å². The monoisotopic (exact) mass is 308 g/mol. The van der Waals surface area contributed by atoms with Crippen molar-refractivity contribution in [2.45, 2.75) is 38.6 Å². The number of hydrogen-bond donors (Lipinski definition) is 2. The Bertz CT molecular complexity index is 648. The van der Waals surface area contributed by atoms with Crippen molar-refractivity contribution in [3.8, 4) is 11.3 Å². The minimum Gasteiger partial charge on any atom is -0.339 e. The van der Waals surface area contributed by atoms with Crippen LogP contribution in [-0.4, -0.2) is 11.7 Å². The van der Waals surface area contributed by atoms with Gasteiger partial charge in [-0.15, -0.1) is 12.4 Å². The Morgan fingerprint density at radius 2 is 2.29 bits per heavy atom. The Balaban J connectivity index is 0.00000161. The van der Waals surface area contributed by atoms with E-state index in [0.29, 0.717) is 6.04 Å². The number of aromatic amines is 1. The molecule has 114 valence electrons. The highest BCUT2D eigenvalue weighted by molar-refractivity contribution is 5.85. The average molecular weight is 309 g/mol. The fraction of sp³-hybridized carbons (Fsp3) is 0.438. The van der Waals surface area contributed by atoms with Gasteiger partial charge in [0, 0.05) is 11.6 Å². The first-order valence-electron chi connectivity index (χ1n) is 7.33. The summed E-state index contributed by atoms with van der Waals surface area (Å²) in [6.45, 7) is 3.19. The first kappa shape index (κ1) is 15.9. The van der Waals surface area contributed by atoms with E-state index >= 15 is 0 Å². The quantitative estimate of drug-likeness (QED) is 0.909. The van der Waals surface area contributed by atoms with Crippen LogP contribution in [0.15, 0.2) is 33.6 Å². The summed E-state index contributed by atoms with van der Waals surface area (Å²) in [5, 5.41) is 6.36. The van der Waals surface area contributed by atoms with E-state index < -0.39 is 0 Å². The third-order valence-corrected chi connectivity index (χ3v) is 3.94. The SMILES string of the molecule is CCCNC1CCCc2cccc(-c3cc(=O)o[nH]3)c21.Cl. The van der Waals surface area contributed by atoms with E-state index in [1.54, 1.807) is 0 Å². The van der Waals surface area contributed by atoms with E-state index in [1.165, 1.54) is 23.6 Å². The number of benzene rings is 1. The molecule has 1 atom stereocenters. The van der Waals surface area contributed by atoms with Gasteiger partial charge in [-0.05, 0) is 43.4 Å². The van der Waals surface area contributed by atoms with Crippen LogP contribution in [0.3, 0.4) is 0 Å². The number of rotatable bonds is 4. The van der Waals surface area contributed by atoms with Crippen molar-refractivity contribution in [3.63, 3.8) is 0 Å². The number of aromatic nitrogens is 1. The van der Waals surface area contributed by atoms with Crippen molar-refractivity contribution in [3.05, 3.63) is 45.8 Å². The summed E-state index contributed by atoms with van der Waals surface area (Å²) in [6, 6.07) is 8.21. The Morgan fingerprint density at radius 1 is 1.43 bits per heavy atom. The lowest BCUT2D eigenvalue weighted by Crippen LogP contribution is -2.26. The minimum atomic E-state index is -0.327. The zero-order valence-electron chi connectivity index (χ0n) is 12.1. The fourth-order valence-corrected chi connectivity index (χ4v) is 3.06. The van der Waals surface area contributed by atoms with Gasteiger partial charge in [-0.25, -0.2) is 9.95 Å². The normalized spacial score (nSPS) is 17.1. The second-order valence-corrected chi connectivity index (χ2v) is 5.36. The molecule has 0 amide bonds. The molecule has 0 spiro atoms. The first-order valence-corrected chi connectivity index (χ1v) is 7.33. The molecule has 0 saturated carbocycles. The van der Waals surface area contributed by atoms with Crippen molar-refractivity contribution in [2.24, 2.45) is 0 Å². The molecule has 1 aromatic carbocycles. The molecule has 0 radical (unpaired) electrons. The number of nitrogens with one attached hydrogen (secondary N) is 2. The highest BCUT2D eigenvalue weighted by Gasteiger charge is 2.23. The van der Waals surface area contributed by atoms with Gasteiger partial charge in [0.25, 0.3) is 0 Å². The lowest BCUT2D eigenvalue weighted by atomic mass is 9.83. The Labute approximate surface area is 130 Å². The van der Waals surface area contributed by atoms with Crippen LogP contribution in [0, 0.1) is 0 Å². The molecule has 1 heterocycles. The molecule has 1 unspecified atom stereocenters. The zero-order chi connectivity index (χ0) is 13.9. The maximum atomic E-state index is 11.3. The molecule has 21 heavy (non-hydrogen) atoms. The fourth-order valence-electron chi connectivity index (χ4n) is 3.06. The maximum Gasteiger partial charge on any atom is 0.357 e. The van der Waals surface area contributed by atoms with Crippen molar-refractivity contribution >= 4 is 12.4 Å². The molecular formula is C16H21ClN2O2. The summed E-state index contributed by atoms with van der Waals surface area (Å²) in [5.74, 6) is 0. The Hall–Kier alpha value is -1.52. The Morgan fingerprint density at radius 3 is 3.00 bits per heavy atom. The van der Waals surface area contributed by atoms with Crippen LogP contribution in [0.2, 0.25) is 0 Å². The third-order valence-electron chi connectivity index (χ3n) is 3.94. The number of aryl methyl sites for hydroxylation is 1. The second-order valence-electron chi connectivity index (χ2n) is 5.36. The van der Waals surface area contributed by atoms with E-state index in [0.717, 1.165) is 37.1 Å². The second kappa shape index (κ2) is 6.96. The van der Waals surface area contributed by atoms with Crippen LogP contribution in [-0.2, 0) is 6.42 Å². The van der Waals surface area contributed by atoms with E-state index in [-0.39, 0.29) is 18.0 Å². The first-order chi connectivity index (χ1) is 9.79. The zero-order valence-corrected chi connectivity index (χ0v) is 13.0. The van der Waals surface area contributed by atoms with Gasteiger partial charge < -0.3 is 9.84 Å². The number of halogens is 1. The lowest BCUT2D eigenvalue weighted by molar-refractivity contribution is 0.393. The molecule has 0 saturated heterocycles. The highest BCUT2D eigenvalue weighted by atomic mass is 35.5. The molecule has 4 nitrogen and oxygen atoms in total. The van der Waals surface area contributed by atoms with Crippen molar-refractivity contribution in [2.75, 3.05) is 6.54 Å². The maximum absolute atomic E-state index is 11.3. The molecule has 0 aliphatic heterocycles. The summed E-state index contributed by atoms with van der Waals surface area (Å²) in [5.41, 5.74) is 4.24. The minimum absolute atomic E-state index is 0. The molecule has 5 heteroatoms. The predicted molar refractivity (Wildman–Crippen MR) is 86.0 cm³/mol. The van der Waals surface area contributed by atoms with E-state index in [4.69, 9.17) is 4.52 Å². The molecular weight excluding hydrogens is 288 g/mol. The topological polar surface area (TPSA) is 58.0 Å². The predicted octanol–water partition coefficient (Wildman–Crippen LogP) is 3.43. The average Bonchev–Trinajstić information content (AvgIpc) is 2.91. The van der Waals surface area contributed by atoms with Crippen LogP contribution in [0.25, 0.3) is 11.3 Å². The van der Waals surface area contributed by atoms with Crippen LogP contribution in [0.5, 0.6) is 0 Å². The largest absolute Gasteiger partial charge is 0.357 e.